The molecule has 0 unspecified atom stereocenters. The molecule has 1 amide bonds. The molecule has 4 nitrogen and oxygen atoms in total. The quantitative estimate of drug-likeness (QED) is 0.570. The first-order chi connectivity index (χ1) is 12.4. The largest absolute Gasteiger partial charge is 0.325 e. The molecule has 6 heteroatoms. The van der Waals surface area contributed by atoms with E-state index in [2.05, 4.69) is 42.1 Å². The molecule has 1 aromatic heterocycles. The zero-order valence-electron chi connectivity index (χ0n) is 15.9. The minimum atomic E-state index is -0.00119. The number of hydrogen-bond donors (Lipinski definition) is 1. The van der Waals surface area contributed by atoms with Gasteiger partial charge >= 0.3 is 0 Å². The molecular formula is C20H25N3OS2. The molecule has 0 fully saturated rings. The first-order valence-electron chi connectivity index (χ1n) is 8.94. The Morgan fingerprint density at radius 3 is 2.73 bits per heavy atom. The van der Waals surface area contributed by atoms with Gasteiger partial charge in [-0.15, -0.1) is 11.8 Å². The van der Waals surface area contributed by atoms with Crippen LogP contribution in [-0.4, -0.2) is 26.9 Å². The van der Waals surface area contributed by atoms with Crippen molar-refractivity contribution in [2.24, 2.45) is 0 Å². The van der Waals surface area contributed by atoms with Crippen molar-refractivity contribution in [3.63, 3.8) is 0 Å². The first-order valence-corrected chi connectivity index (χ1v) is 10.8. The lowest BCUT2D eigenvalue weighted by atomic mass is 9.96. The van der Waals surface area contributed by atoms with E-state index in [-0.39, 0.29) is 5.91 Å². The fraction of sp³-hybridized carbons (Fsp3) is 0.450. The van der Waals surface area contributed by atoms with Crippen LogP contribution in [0.3, 0.4) is 0 Å². The van der Waals surface area contributed by atoms with Gasteiger partial charge in [0, 0.05) is 22.4 Å². The highest BCUT2D eigenvalue weighted by molar-refractivity contribution is 8.01. The third-order valence-electron chi connectivity index (χ3n) is 4.66. The maximum Gasteiger partial charge on any atom is 0.234 e. The van der Waals surface area contributed by atoms with Crippen LogP contribution < -0.4 is 5.32 Å². The SMILES string of the molecule is CC[C@H]1c2c(SCC(=O)Nc3ccc(C)cc3C)nc(C)nc2S[C@@H]1C. The Hall–Kier alpha value is -1.53. The van der Waals surface area contributed by atoms with Crippen molar-refractivity contribution in [2.45, 2.75) is 62.3 Å². The topological polar surface area (TPSA) is 54.9 Å². The van der Waals surface area contributed by atoms with Crippen LogP contribution in [0.1, 0.15) is 48.7 Å². The van der Waals surface area contributed by atoms with E-state index in [1.807, 2.05) is 37.7 Å². The van der Waals surface area contributed by atoms with Gasteiger partial charge in [-0.05, 0) is 38.8 Å². The number of benzene rings is 1. The number of aromatic nitrogens is 2. The zero-order chi connectivity index (χ0) is 18.8. The molecule has 3 rings (SSSR count). The summed E-state index contributed by atoms with van der Waals surface area (Å²) in [5.41, 5.74) is 4.39. The Morgan fingerprint density at radius 1 is 1.27 bits per heavy atom. The van der Waals surface area contributed by atoms with Crippen LogP contribution in [0.25, 0.3) is 0 Å². The van der Waals surface area contributed by atoms with E-state index in [0.29, 0.717) is 16.9 Å². The van der Waals surface area contributed by atoms with Crippen molar-refractivity contribution < 1.29 is 4.79 Å². The van der Waals surface area contributed by atoms with Crippen LogP contribution >= 0.6 is 23.5 Å². The van der Waals surface area contributed by atoms with Crippen LogP contribution in [0.15, 0.2) is 28.3 Å². The molecule has 0 aliphatic carbocycles. The van der Waals surface area contributed by atoms with Crippen LogP contribution in [0.2, 0.25) is 0 Å². The Bertz CT molecular complexity index is 838. The summed E-state index contributed by atoms with van der Waals surface area (Å²) in [5, 5.41) is 5.58. The van der Waals surface area contributed by atoms with Gasteiger partial charge < -0.3 is 5.32 Å². The molecule has 0 radical (unpaired) electrons. The molecule has 2 atom stereocenters. The molecular weight excluding hydrogens is 362 g/mol. The van der Waals surface area contributed by atoms with E-state index in [0.717, 1.165) is 33.5 Å². The number of thioether (sulfide) groups is 2. The van der Waals surface area contributed by atoms with Crippen molar-refractivity contribution in [1.29, 1.82) is 0 Å². The highest BCUT2D eigenvalue weighted by atomic mass is 32.2. The Morgan fingerprint density at radius 2 is 2.04 bits per heavy atom. The van der Waals surface area contributed by atoms with Gasteiger partial charge in [0.25, 0.3) is 0 Å². The lowest BCUT2D eigenvalue weighted by Crippen LogP contribution is -2.15. The molecule has 138 valence electrons. The van der Waals surface area contributed by atoms with Gasteiger partial charge in [-0.1, -0.05) is 43.3 Å². The number of carbonyl (C=O) groups is 1. The summed E-state index contributed by atoms with van der Waals surface area (Å²) in [6.45, 7) is 10.4. The molecule has 2 aromatic rings. The van der Waals surface area contributed by atoms with Crippen LogP contribution in [-0.2, 0) is 4.79 Å². The number of nitrogens with one attached hydrogen (secondary N) is 1. The Kier molecular flexibility index (Phi) is 5.92. The van der Waals surface area contributed by atoms with E-state index in [1.165, 1.54) is 22.9 Å². The first kappa shape index (κ1) is 19.2. The zero-order valence-corrected chi connectivity index (χ0v) is 17.6. The highest BCUT2D eigenvalue weighted by Crippen LogP contribution is 2.48. The number of rotatable bonds is 5. The second-order valence-electron chi connectivity index (χ2n) is 6.79. The predicted octanol–water partition coefficient (Wildman–Crippen LogP) is 5.12. The van der Waals surface area contributed by atoms with Gasteiger partial charge in [0.1, 0.15) is 15.9 Å². The summed E-state index contributed by atoms with van der Waals surface area (Å²) >= 11 is 3.35. The Labute approximate surface area is 164 Å². The number of aryl methyl sites for hydroxylation is 3. The normalized spacial score (nSPS) is 18.7. The molecule has 0 bridgehead atoms. The molecule has 0 saturated carbocycles. The molecule has 1 aliphatic heterocycles. The van der Waals surface area contributed by atoms with Crippen LogP contribution in [0.4, 0.5) is 5.69 Å². The number of hydrogen-bond acceptors (Lipinski definition) is 5. The van der Waals surface area contributed by atoms with E-state index in [1.54, 1.807) is 0 Å². The van der Waals surface area contributed by atoms with Crippen molar-refractivity contribution >= 4 is 35.1 Å². The third-order valence-corrected chi connectivity index (χ3v) is 6.88. The fourth-order valence-corrected chi connectivity index (χ4v) is 5.76. The summed E-state index contributed by atoms with van der Waals surface area (Å²) in [6, 6.07) is 6.06. The van der Waals surface area contributed by atoms with Crippen LogP contribution in [0, 0.1) is 20.8 Å². The standard InChI is InChI=1S/C20H25N3OS2/c1-6-15-13(4)26-20-18(15)19(21-14(5)22-20)25-10-17(24)23-16-8-7-11(2)9-12(16)3/h7-9,13,15H,6,10H2,1-5H3,(H,23,24)/t13-,15-/m1/s1. The predicted molar refractivity (Wildman–Crippen MR) is 110 cm³/mol. The maximum absolute atomic E-state index is 12.4. The highest BCUT2D eigenvalue weighted by Gasteiger charge is 2.33. The second kappa shape index (κ2) is 8.01. The van der Waals surface area contributed by atoms with E-state index in [9.17, 15) is 4.79 Å². The van der Waals surface area contributed by atoms with Crippen molar-refractivity contribution in [2.75, 3.05) is 11.1 Å². The lowest BCUT2D eigenvalue weighted by Gasteiger charge is -2.15. The van der Waals surface area contributed by atoms with Crippen molar-refractivity contribution in [3.05, 3.63) is 40.7 Å². The van der Waals surface area contributed by atoms with Crippen molar-refractivity contribution in [1.82, 2.24) is 9.97 Å². The average molecular weight is 388 g/mol. The van der Waals surface area contributed by atoms with Gasteiger partial charge in [-0.2, -0.15) is 0 Å². The van der Waals surface area contributed by atoms with Gasteiger partial charge in [-0.25, -0.2) is 9.97 Å². The minimum absolute atomic E-state index is 0.00119. The molecule has 1 N–H and O–H groups in total. The summed E-state index contributed by atoms with van der Waals surface area (Å²) in [5.74, 6) is 1.59. The molecule has 0 saturated heterocycles. The van der Waals surface area contributed by atoms with Gasteiger partial charge in [0.2, 0.25) is 5.91 Å². The number of amides is 1. The van der Waals surface area contributed by atoms with Crippen LogP contribution in [0.5, 0.6) is 0 Å². The Balaban J connectivity index is 1.73. The van der Waals surface area contributed by atoms with Gasteiger partial charge in [-0.3, -0.25) is 4.79 Å². The molecule has 0 spiro atoms. The number of anilines is 1. The number of carbonyl (C=O) groups excluding carboxylic acids is 1. The third kappa shape index (κ3) is 4.07. The van der Waals surface area contributed by atoms with Crippen molar-refractivity contribution in [3.8, 4) is 0 Å². The second-order valence-corrected chi connectivity index (χ2v) is 9.12. The minimum Gasteiger partial charge on any atom is -0.325 e. The summed E-state index contributed by atoms with van der Waals surface area (Å²) in [7, 11) is 0. The smallest absolute Gasteiger partial charge is 0.234 e. The van der Waals surface area contributed by atoms with E-state index >= 15 is 0 Å². The van der Waals surface area contributed by atoms with Gasteiger partial charge in [0.15, 0.2) is 0 Å². The fourth-order valence-electron chi connectivity index (χ4n) is 3.35. The van der Waals surface area contributed by atoms with E-state index in [4.69, 9.17) is 0 Å². The summed E-state index contributed by atoms with van der Waals surface area (Å²) < 4.78 is 0. The number of fused-ring (bicyclic) bond motifs is 1. The molecule has 1 aliphatic rings. The summed E-state index contributed by atoms with van der Waals surface area (Å²) in [4.78, 5) is 21.7. The lowest BCUT2D eigenvalue weighted by molar-refractivity contribution is -0.113. The summed E-state index contributed by atoms with van der Waals surface area (Å²) in [6.07, 6.45) is 1.07. The molecule has 2 heterocycles. The maximum atomic E-state index is 12.4. The molecule has 1 aromatic carbocycles. The number of nitrogens with zero attached hydrogens (tertiary/aromatic N) is 2. The van der Waals surface area contributed by atoms with Gasteiger partial charge in [0.05, 0.1) is 5.75 Å². The average Bonchev–Trinajstić information content (AvgIpc) is 2.90. The monoisotopic (exact) mass is 387 g/mol. The van der Waals surface area contributed by atoms with E-state index < -0.39 is 0 Å². The molecule has 26 heavy (non-hydrogen) atoms.